The van der Waals surface area contributed by atoms with Crippen molar-refractivity contribution in [2.75, 3.05) is 25.9 Å². The Balaban J connectivity index is 1.31. The summed E-state index contributed by atoms with van der Waals surface area (Å²) in [4.78, 5) is 38.0. The molecule has 6 N–H and O–H groups in total. The molecule has 10 nitrogen and oxygen atoms in total. The van der Waals surface area contributed by atoms with E-state index in [1.807, 2.05) is 54.9 Å². The number of nitrogens with two attached hydrogens (primary N) is 1. The van der Waals surface area contributed by atoms with E-state index in [9.17, 15) is 24.9 Å². The van der Waals surface area contributed by atoms with Gasteiger partial charge in [-0.1, -0.05) is 68.4 Å². The van der Waals surface area contributed by atoms with E-state index in [1.54, 1.807) is 13.0 Å². The molecule has 2 heterocycles. The molecule has 2 fully saturated rings. The number of allylic oxidation sites excluding steroid dienone is 1. The first-order valence-corrected chi connectivity index (χ1v) is 23.8. The summed E-state index contributed by atoms with van der Waals surface area (Å²) < 4.78 is 5.53. The molecule has 3 aromatic rings. The second-order valence-electron chi connectivity index (χ2n) is 19.3. The Morgan fingerprint density at radius 2 is 1.78 bits per heavy atom. The lowest BCUT2D eigenvalue weighted by atomic mass is 9.63. The maximum absolute atomic E-state index is 14.9. The third-order valence-corrected chi connectivity index (χ3v) is 14.9. The van der Waals surface area contributed by atoms with Gasteiger partial charge in [0.05, 0.1) is 44.0 Å². The Hall–Kier alpha value is -4.95. The van der Waals surface area contributed by atoms with Crippen LogP contribution in [0.3, 0.4) is 0 Å². The van der Waals surface area contributed by atoms with Crippen molar-refractivity contribution < 1.29 is 29.6 Å². The first-order chi connectivity index (χ1) is 30.9. The highest BCUT2D eigenvalue weighted by Crippen LogP contribution is 2.55. The van der Waals surface area contributed by atoms with Crippen molar-refractivity contribution >= 4 is 23.6 Å². The van der Waals surface area contributed by atoms with Crippen LogP contribution in [0.15, 0.2) is 77.6 Å². The molecule has 9 unspecified atom stereocenters. The second-order valence-corrected chi connectivity index (χ2v) is 19.3. The average Bonchev–Trinajstić information content (AvgIpc) is 3.93. The molecule has 9 atom stereocenters. The standard InChI is InChI=1S/C54H68N4O6/c1-5-11-46(49(61)28-43-24-40(33-58-43)34(2)31-56-32-35(3)59)39-23-42(54(19-9-10-20-54)41-18-21-57-53(55)27-41)22-37-15-17-45(36-12-7-6-8-13-36)47-30-51(63)52(64-4)26-38(47)14-16-44(60)29-50(62)48(37)25-39/h6-8,12-13,18,21,24,26-27,30,33-35,37,39,42,45-46,48-49,56,59,61H,5,9-11,14,16,19-20,22-23,25,28-29,31-32H2,1-4H3,(H2-,55,57,63)/p+1. The van der Waals surface area contributed by atoms with E-state index in [4.69, 9.17) is 15.5 Å². The van der Waals surface area contributed by atoms with Crippen molar-refractivity contribution in [3.63, 3.8) is 0 Å². The van der Waals surface area contributed by atoms with E-state index in [0.717, 1.165) is 73.3 Å². The Morgan fingerprint density at radius 1 is 1.00 bits per heavy atom. The predicted molar refractivity (Wildman–Crippen MR) is 253 cm³/mol. The van der Waals surface area contributed by atoms with Crippen LogP contribution >= 0.6 is 0 Å². The summed E-state index contributed by atoms with van der Waals surface area (Å²) in [5.74, 6) is 8.13. The summed E-state index contributed by atoms with van der Waals surface area (Å²) in [6.07, 6.45) is 13.3. The van der Waals surface area contributed by atoms with Crippen LogP contribution in [0, 0.1) is 53.3 Å². The van der Waals surface area contributed by atoms with Gasteiger partial charge in [-0.3, -0.25) is 9.59 Å². The topological polar surface area (TPSA) is 167 Å². The van der Waals surface area contributed by atoms with Gasteiger partial charge in [-0.05, 0) is 128 Å². The maximum atomic E-state index is 14.9. The first kappa shape index (κ1) is 47.0. The number of nitrogens with one attached hydrogen (secondary N) is 1. The quantitative estimate of drug-likeness (QED) is 0.0572. The number of aromatic nitrogens is 1. The zero-order valence-corrected chi connectivity index (χ0v) is 38.3. The largest absolute Gasteiger partial charge is 0.504 e. The van der Waals surface area contributed by atoms with Crippen LogP contribution in [-0.2, 0) is 21.4 Å². The van der Waals surface area contributed by atoms with Gasteiger partial charge in [0.15, 0.2) is 17.2 Å². The number of hydrogen-bond acceptors (Lipinski definition) is 10. The zero-order valence-electron chi connectivity index (χ0n) is 38.3. The van der Waals surface area contributed by atoms with Crippen molar-refractivity contribution in [2.45, 2.75) is 128 Å². The molecular formula is C54H69N4O6+. The second kappa shape index (κ2) is 21.4. The summed E-state index contributed by atoms with van der Waals surface area (Å²) in [5, 5.41) is 36.6. The number of pyridine rings is 1. The number of fused-ring (bicyclic) bond motifs is 2. The molecule has 64 heavy (non-hydrogen) atoms. The number of nitrogen functional groups attached to an aromatic ring is 1. The van der Waals surface area contributed by atoms with Gasteiger partial charge >= 0.3 is 0 Å². The SMILES string of the molecule is CCCC(C(O)CC1=C[C+](C(C)CNCC(C)O)C=N1)C1CC2C(=O)CC(=O)CCc3cc(OC)c(O)cc3C(c3ccccc3)C#CC2CC(C2(c3ccnc(N)c3)CCCC2)C1. The van der Waals surface area contributed by atoms with Gasteiger partial charge in [0.25, 0.3) is 0 Å². The number of rotatable bonds is 15. The molecule has 7 rings (SSSR count). The molecule has 0 saturated heterocycles. The minimum Gasteiger partial charge on any atom is -0.504 e. The third kappa shape index (κ3) is 10.9. The number of ether oxygens (including phenoxy) is 1. The summed E-state index contributed by atoms with van der Waals surface area (Å²) in [7, 11) is 1.52. The van der Waals surface area contributed by atoms with E-state index in [1.165, 1.54) is 12.7 Å². The smallest absolute Gasteiger partial charge is 0.177 e. The van der Waals surface area contributed by atoms with E-state index in [-0.39, 0.29) is 65.2 Å². The van der Waals surface area contributed by atoms with Crippen molar-refractivity contribution in [3.05, 3.63) is 101 Å². The van der Waals surface area contributed by atoms with Crippen molar-refractivity contribution in [2.24, 2.45) is 40.5 Å². The molecule has 2 saturated carbocycles. The zero-order chi connectivity index (χ0) is 45.4. The molecule has 1 aliphatic heterocycles. The third-order valence-electron chi connectivity index (χ3n) is 14.9. The summed E-state index contributed by atoms with van der Waals surface area (Å²) in [5.41, 5.74) is 10.9. The molecule has 0 bridgehead atoms. The van der Waals surface area contributed by atoms with Crippen LogP contribution in [0.4, 0.5) is 5.82 Å². The van der Waals surface area contributed by atoms with Gasteiger partial charge in [-0.15, -0.1) is 4.99 Å². The number of anilines is 1. The Bertz CT molecular complexity index is 2200. The normalized spacial score (nSPS) is 25.3. The summed E-state index contributed by atoms with van der Waals surface area (Å²) in [6, 6.07) is 17.8. The number of phenols is 1. The van der Waals surface area contributed by atoms with Crippen LogP contribution in [0.5, 0.6) is 11.5 Å². The monoisotopic (exact) mass is 870 g/mol. The fourth-order valence-corrected chi connectivity index (χ4v) is 11.5. The van der Waals surface area contributed by atoms with Crippen LogP contribution in [0.1, 0.15) is 126 Å². The molecule has 2 aromatic carbocycles. The summed E-state index contributed by atoms with van der Waals surface area (Å²) in [6.45, 7) is 7.30. The maximum Gasteiger partial charge on any atom is 0.177 e. The number of aliphatic hydroxyl groups excluding tert-OH is 2. The van der Waals surface area contributed by atoms with Crippen LogP contribution in [0.2, 0.25) is 0 Å². The number of carbonyl (C=O) groups excluding carboxylic acids is 2. The van der Waals surface area contributed by atoms with Crippen molar-refractivity contribution in [3.8, 4) is 23.3 Å². The lowest BCUT2D eigenvalue weighted by Gasteiger charge is -2.41. The van der Waals surface area contributed by atoms with Crippen molar-refractivity contribution in [1.82, 2.24) is 10.3 Å². The molecule has 0 amide bonds. The Kier molecular flexibility index (Phi) is 15.7. The fourth-order valence-electron chi connectivity index (χ4n) is 11.5. The molecule has 0 spiro atoms. The minimum absolute atomic E-state index is 0.0144. The summed E-state index contributed by atoms with van der Waals surface area (Å²) >= 11 is 0. The number of aliphatic hydroxyl groups is 2. The molecule has 4 aliphatic rings. The van der Waals surface area contributed by atoms with E-state index in [0.29, 0.717) is 50.3 Å². The lowest BCUT2D eigenvalue weighted by Crippen LogP contribution is -2.36. The van der Waals surface area contributed by atoms with Crippen LogP contribution in [-0.4, -0.2) is 70.5 Å². The molecule has 1 aromatic heterocycles. The molecule has 10 heteroatoms. The van der Waals surface area contributed by atoms with Crippen molar-refractivity contribution in [1.29, 1.82) is 0 Å². The molecule has 0 radical (unpaired) electrons. The van der Waals surface area contributed by atoms with E-state index in [2.05, 4.69) is 48.1 Å². The number of Topliss-reactive ketones (excluding diaryl/α,β-unsaturated/α-hetero) is 2. The van der Waals surface area contributed by atoms with E-state index < -0.39 is 24.0 Å². The van der Waals surface area contributed by atoms with Gasteiger partial charge in [0, 0.05) is 37.5 Å². The Labute approximate surface area is 380 Å². The number of benzene rings is 2. The molecular weight excluding hydrogens is 801 g/mol. The van der Waals surface area contributed by atoms with E-state index >= 15 is 0 Å². The molecule has 3 aliphatic carbocycles. The van der Waals surface area contributed by atoms with Gasteiger partial charge in [-0.25, -0.2) is 4.98 Å². The number of methoxy groups -OCH3 is 1. The lowest BCUT2D eigenvalue weighted by molar-refractivity contribution is -0.130. The number of phenolic OH excluding ortho intramolecular Hbond substituents is 1. The fraction of sp³-hybridized carbons (Fsp3) is 0.537. The van der Waals surface area contributed by atoms with Gasteiger partial charge < -0.3 is 31.1 Å². The number of aliphatic imine (C=N–C) groups is 1. The number of aromatic hydroxyl groups is 1. The number of ketones is 2. The highest BCUT2D eigenvalue weighted by Gasteiger charge is 2.49. The highest BCUT2D eigenvalue weighted by molar-refractivity contribution is 6.00. The Morgan fingerprint density at radius 3 is 2.50 bits per heavy atom. The minimum atomic E-state index is -0.692. The van der Waals surface area contributed by atoms with Crippen LogP contribution in [0.25, 0.3) is 0 Å². The average molecular weight is 870 g/mol. The number of hydrogen-bond donors (Lipinski definition) is 5. The van der Waals surface area contributed by atoms with Gasteiger partial charge in [0.2, 0.25) is 0 Å². The van der Waals surface area contributed by atoms with Crippen LogP contribution < -0.4 is 15.8 Å². The predicted octanol–water partition coefficient (Wildman–Crippen LogP) is 8.47. The number of carbonyl (C=O) groups is 2. The number of nitrogens with zero attached hydrogens (tertiary/aromatic N) is 2. The highest BCUT2D eigenvalue weighted by atomic mass is 16.5. The first-order valence-electron chi connectivity index (χ1n) is 23.8. The molecule has 340 valence electrons. The van der Waals surface area contributed by atoms with Gasteiger partial charge in [-0.2, -0.15) is 0 Å². The number of aryl methyl sites for hydroxylation is 1. The van der Waals surface area contributed by atoms with Gasteiger partial charge in [0.1, 0.15) is 35.6 Å².